The van der Waals surface area contributed by atoms with Gasteiger partial charge in [0.25, 0.3) is 0 Å². The summed E-state index contributed by atoms with van der Waals surface area (Å²) in [4.78, 5) is 21.4. The zero-order chi connectivity index (χ0) is 23.1. The van der Waals surface area contributed by atoms with Crippen LogP contribution in [0.3, 0.4) is 0 Å². The van der Waals surface area contributed by atoms with Crippen molar-refractivity contribution in [1.29, 1.82) is 0 Å². The predicted molar refractivity (Wildman–Crippen MR) is 134 cm³/mol. The maximum absolute atomic E-state index is 4.94. The topological polar surface area (TPSA) is 108 Å². The van der Waals surface area contributed by atoms with Gasteiger partial charge in [0.15, 0.2) is 0 Å². The number of hydrogen-bond acceptors (Lipinski definition) is 6. The van der Waals surface area contributed by atoms with E-state index in [4.69, 9.17) is 4.98 Å². The Morgan fingerprint density at radius 1 is 0.882 bits per heavy atom. The fourth-order valence-corrected chi connectivity index (χ4v) is 4.18. The third-order valence-electron chi connectivity index (χ3n) is 5.68. The van der Waals surface area contributed by atoms with Crippen molar-refractivity contribution in [2.24, 2.45) is 0 Å². The lowest BCUT2D eigenvalue weighted by Crippen LogP contribution is -2.09. The molecule has 6 rings (SSSR count). The molecule has 0 saturated carbocycles. The van der Waals surface area contributed by atoms with E-state index in [1.54, 1.807) is 12.4 Å². The molecule has 0 fully saturated rings. The number of H-pyrrole nitrogens is 2. The van der Waals surface area contributed by atoms with Crippen LogP contribution in [-0.4, -0.2) is 41.2 Å². The second kappa shape index (κ2) is 8.08. The molecule has 0 atom stereocenters. The number of aromatic amines is 2. The highest BCUT2D eigenvalue weighted by Gasteiger charge is 2.16. The average molecular weight is 447 g/mol. The molecule has 6 heterocycles. The van der Waals surface area contributed by atoms with Gasteiger partial charge in [-0.15, -0.1) is 0 Å². The number of rotatable bonds is 5. The highest BCUT2D eigenvalue weighted by Crippen LogP contribution is 2.33. The first-order valence-corrected chi connectivity index (χ1v) is 11.1. The number of fused-ring (bicyclic) bond motifs is 2. The lowest BCUT2D eigenvalue weighted by molar-refractivity contribution is 0.898. The SMILES string of the molecule is CC(C)Nc1cncc(-c2ccc3[nH]nc(-c4cc5c(-c6ccncc6)ccnc5[nH]4)c3n2)c1. The number of nitrogens with zero attached hydrogens (tertiary/aromatic N) is 5. The number of anilines is 1. The average Bonchev–Trinajstić information content (AvgIpc) is 3.48. The largest absolute Gasteiger partial charge is 0.382 e. The van der Waals surface area contributed by atoms with Crippen LogP contribution < -0.4 is 5.32 Å². The number of pyridine rings is 4. The summed E-state index contributed by atoms with van der Waals surface area (Å²) >= 11 is 0. The molecular formula is C26H22N8. The second-order valence-electron chi connectivity index (χ2n) is 8.47. The van der Waals surface area contributed by atoms with Gasteiger partial charge in [0.05, 0.1) is 22.6 Å². The molecule has 0 aliphatic carbocycles. The van der Waals surface area contributed by atoms with E-state index in [1.165, 1.54) is 0 Å². The number of hydrogen-bond donors (Lipinski definition) is 3. The Bertz CT molecular complexity index is 1610. The van der Waals surface area contributed by atoms with Gasteiger partial charge in [-0.1, -0.05) is 0 Å². The lowest BCUT2D eigenvalue weighted by Gasteiger charge is -2.10. The number of aromatic nitrogens is 7. The van der Waals surface area contributed by atoms with E-state index in [0.29, 0.717) is 6.04 Å². The molecule has 0 aromatic carbocycles. The van der Waals surface area contributed by atoms with Gasteiger partial charge in [0.1, 0.15) is 16.9 Å². The highest BCUT2D eigenvalue weighted by atomic mass is 15.1. The maximum Gasteiger partial charge on any atom is 0.138 e. The molecule has 6 aromatic rings. The van der Waals surface area contributed by atoms with Crippen molar-refractivity contribution in [2.75, 3.05) is 5.32 Å². The van der Waals surface area contributed by atoms with Crippen LogP contribution in [0, 0.1) is 0 Å². The number of nitrogens with one attached hydrogen (secondary N) is 3. The molecule has 8 nitrogen and oxygen atoms in total. The molecule has 8 heteroatoms. The van der Waals surface area contributed by atoms with E-state index in [9.17, 15) is 0 Å². The van der Waals surface area contributed by atoms with Gasteiger partial charge < -0.3 is 10.3 Å². The van der Waals surface area contributed by atoms with Gasteiger partial charge in [0, 0.05) is 48.0 Å². The van der Waals surface area contributed by atoms with Gasteiger partial charge in [0.2, 0.25) is 0 Å². The summed E-state index contributed by atoms with van der Waals surface area (Å²) in [5.41, 5.74) is 8.97. The van der Waals surface area contributed by atoms with E-state index in [2.05, 4.69) is 61.4 Å². The minimum atomic E-state index is 0.320. The zero-order valence-corrected chi connectivity index (χ0v) is 18.7. The van der Waals surface area contributed by atoms with Crippen molar-refractivity contribution in [3.8, 4) is 33.8 Å². The Hall–Kier alpha value is -4.59. The van der Waals surface area contributed by atoms with Gasteiger partial charge in [-0.2, -0.15) is 5.10 Å². The lowest BCUT2D eigenvalue weighted by atomic mass is 10.1. The summed E-state index contributed by atoms with van der Waals surface area (Å²) in [6, 6.07) is 14.4. The standard InChI is InChI=1S/C26H22N8/c1-15(2)30-18-11-17(13-28-14-18)21-3-4-22-24(31-21)25(34-33-22)23-12-20-19(7-10-29-26(20)32-23)16-5-8-27-9-6-16/h3-15,30H,1-2H3,(H,29,32)(H,33,34). The molecule has 0 unspecified atom stereocenters. The summed E-state index contributed by atoms with van der Waals surface area (Å²) in [6.45, 7) is 4.20. The fraction of sp³-hybridized carbons (Fsp3) is 0.115. The van der Waals surface area contributed by atoms with Gasteiger partial charge in [-0.05, 0) is 67.4 Å². The summed E-state index contributed by atoms with van der Waals surface area (Å²) in [6.07, 6.45) is 9.05. The molecule has 0 saturated heterocycles. The van der Waals surface area contributed by atoms with Crippen LogP contribution in [0.1, 0.15) is 13.8 Å². The van der Waals surface area contributed by atoms with Crippen molar-refractivity contribution >= 4 is 27.8 Å². The normalized spacial score (nSPS) is 11.5. The second-order valence-corrected chi connectivity index (χ2v) is 8.47. The molecule has 0 radical (unpaired) electrons. The van der Waals surface area contributed by atoms with Crippen LogP contribution >= 0.6 is 0 Å². The first-order chi connectivity index (χ1) is 16.7. The van der Waals surface area contributed by atoms with Gasteiger partial charge in [-0.25, -0.2) is 9.97 Å². The fourth-order valence-electron chi connectivity index (χ4n) is 4.18. The Labute approximate surface area is 195 Å². The van der Waals surface area contributed by atoms with Crippen LogP contribution in [0.15, 0.2) is 73.4 Å². The molecule has 0 spiro atoms. The van der Waals surface area contributed by atoms with Crippen molar-refractivity contribution in [3.63, 3.8) is 0 Å². The van der Waals surface area contributed by atoms with Crippen LogP contribution in [0.5, 0.6) is 0 Å². The van der Waals surface area contributed by atoms with E-state index in [-0.39, 0.29) is 0 Å². The van der Waals surface area contributed by atoms with Crippen molar-refractivity contribution in [1.82, 2.24) is 35.1 Å². The third-order valence-corrected chi connectivity index (χ3v) is 5.68. The van der Waals surface area contributed by atoms with Crippen LogP contribution in [0.4, 0.5) is 5.69 Å². The van der Waals surface area contributed by atoms with E-state index < -0.39 is 0 Å². The van der Waals surface area contributed by atoms with Crippen molar-refractivity contribution in [2.45, 2.75) is 19.9 Å². The predicted octanol–water partition coefficient (Wildman–Crippen LogP) is 5.45. The summed E-state index contributed by atoms with van der Waals surface area (Å²) < 4.78 is 0. The Morgan fingerprint density at radius 2 is 1.76 bits per heavy atom. The summed E-state index contributed by atoms with van der Waals surface area (Å²) in [5, 5.41) is 12.1. The highest BCUT2D eigenvalue weighted by molar-refractivity contribution is 5.99. The quantitative estimate of drug-likeness (QED) is 0.325. The minimum Gasteiger partial charge on any atom is -0.382 e. The Kier molecular flexibility index (Phi) is 4.76. The molecule has 34 heavy (non-hydrogen) atoms. The maximum atomic E-state index is 4.94. The molecule has 0 bridgehead atoms. The minimum absolute atomic E-state index is 0.320. The van der Waals surface area contributed by atoms with E-state index >= 15 is 0 Å². The van der Waals surface area contributed by atoms with Crippen molar-refractivity contribution < 1.29 is 0 Å². The first-order valence-electron chi connectivity index (χ1n) is 11.1. The van der Waals surface area contributed by atoms with Crippen LogP contribution in [0.2, 0.25) is 0 Å². The van der Waals surface area contributed by atoms with Crippen LogP contribution in [0.25, 0.3) is 55.8 Å². The third kappa shape index (κ3) is 3.55. The molecule has 3 N–H and O–H groups in total. The Balaban J connectivity index is 1.45. The zero-order valence-electron chi connectivity index (χ0n) is 18.7. The molecular weight excluding hydrogens is 424 g/mol. The van der Waals surface area contributed by atoms with E-state index in [0.717, 1.165) is 61.5 Å². The van der Waals surface area contributed by atoms with Gasteiger partial charge in [-0.3, -0.25) is 15.1 Å². The van der Waals surface area contributed by atoms with Crippen molar-refractivity contribution in [3.05, 3.63) is 73.4 Å². The molecule has 0 amide bonds. The summed E-state index contributed by atoms with van der Waals surface area (Å²) in [7, 11) is 0. The molecule has 0 aliphatic heterocycles. The molecule has 166 valence electrons. The monoisotopic (exact) mass is 446 g/mol. The summed E-state index contributed by atoms with van der Waals surface area (Å²) in [5.74, 6) is 0. The first kappa shape index (κ1) is 20.0. The molecule has 6 aromatic heterocycles. The molecule has 0 aliphatic rings. The Morgan fingerprint density at radius 3 is 2.62 bits per heavy atom. The van der Waals surface area contributed by atoms with E-state index in [1.807, 2.05) is 48.9 Å². The van der Waals surface area contributed by atoms with Crippen LogP contribution in [-0.2, 0) is 0 Å². The van der Waals surface area contributed by atoms with Gasteiger partial charge >= 0.3 is 0 Å². The smallest absolute Gasteiger partial charge is 0.138 e.